The van der Waals surface area contributed by atoms with Crippen molar-refractivity contribution in [3.05, 3.63) is 52.4 Å². The summed E-state index contributed by atoms with van der Waals surface area (Å²) in [6, 6.07) is 4.37. The van der Waals surface area contributed by atoms with Crippen molar-refractivity contribution in [2.75, 3.05) is 4.72 Å². The van der Waals surface area contributed by atoms with Gasteiger partial charge in [-0.3, -0.25) is 4.72 Å². The quantitative estimate of drug-likeness (QED) is 0.634. The zero-order chi connectivity index (χ0) is 19.1. The number of thiophene rings is 1. The van der Waals surface area contributed by atoms with E-state index in [1.165, 1.54) is 23.5 Å². The van der Waals surface area contributed by atoms with Crippen LogP contribution in [0, 0.1) is 11.6 Å². The van der Waals surface area contributed by atoms with Crippen molar-refractivity contribution in [3.63, 3.8) is 0 Å². The summed E-state index contributed by atoms with van der Waals surface area (Å²) in [4.78, 5) is 4.57. The number of hydrogen-bond donors (Lipinski definition) is 1. The Morgan fingerprint density at radius 1 is 1.04 bits per heavy atom. The molecule has 3 aromatic rings. The van der Waals surface area contributed by atoms with Crippen LogP contribution in [0.2, 0.25) is 0 Å². The number of benzene rings is 1. The minimum absolute atomic E-state index is 0.0388. The highest BCUT2D eigenvalue weighted by Crippen LogP contribution is 2.34. The first-order chi connectivity index (χ1) is 12.1. The van der Waals surface area contributed by atoms with Crippen LogP contribution in [-0.4, -0.2) is 13.4 Å². The molecule has 26 heavy (non-hydrogen) atoms. The van der Waals surface area contributed by atoms with E-state index >= 15 is 0 Å². The summed E-state index contributed by atoms with van der Waals surface area (Å²) in [7, 11) is -3.90. The van der Waals surface area contributed by atoms with E-state index in [-0.39, 0.29) is 15.3 Å². The third-order valence-electron chi connectivity index (χ3n) is 3.53. The first-order valence-corrected chi connectivity index (χ1v) is 10.8. The predicted octanol–water partition coefficient (Wildman–Crippen LogP) is 5.25. The number of sulfonamides is 1. The van der Waals surface area contributed by atoms with Gasteiger partial charge in [-0.25, -0.2) is 22.2 Å². The van der Waals surface area contributed by atoms with Crippen molar-refractivity contribution < 1.29 is 17.2 Å². The summed E-state index contributed by atoms with van der Waals surface area (Å²) in [5.41, 5.74) is 1.52. The average Bonchev–Trinajstić information content (AvgIpc) is 3.18. The van der Waals surface area contributed by atoms with Crippen molar-refractivity contribution in [3.8, 4) is 10.6 Å². The van der Waals surface area contributed by atoms with Crippen molar-refractivity contribution in [2.24, 2.45) is 0 Å². The van der Waals surface area contributed by atoms with Gasteiger partial charge in [-0.15, -0.1) is 22.7 Å². The molecule has 0 unspecified atom stereocenters. The van der Waals surface area contributed by atoms with Crippen LogP contribution in [0.1, 0.15) is 26.5 Å². The second-order valence-corrected chi connectivity index (χ2v) is 10.4. The van der Waals surface area contributed by atoms with Gasteiger partial charge in [0.1, 0.15) is 9.22 Å². The Morgan fingerprint density at radius 3 is 2.38 bits per heavy atom. The normalized spacial score (nSPS) is 12.3. The minimum atomic E-state index is -3.90. The fraction of sp³-hybridized carbons (Fsp3) is 0.235. The zero-order valence-electron chi connectivity index (χ0n) is 14.2. The molecule has 0 aliphatic heterocycles. The predicted molar refractivity (Wildman–Crippen MR) is 101 cm³/mol. The smallest absolute Gasteiger partial charge is 0.271 e. The summed E-state index contributed by atoms with van der Waals surface area (Å²) < 4.78 is 53.5. The van der Waals surface area contributed by atoms with Crippen LogP contribution < -0.4 is 4.72 Å². The number of anilines is 1. The summed E-state index contributed by atoms with van der Waals surface area (Å²) >= 11 is 2.49. The number of nitrogens with one attached hydrogen (secondary N) is 1. The molecule has 4 nitrogen and oxygen atoms in total. The van der Waals surface area contributed by atoms with Gasteiger partial charge in [0.15, 0.2) is 11.6 Å². The van der Waals surface area contributed by atoms with Gasteiger partial charge in [-0.2, -0.15) is 0 Å². The lowest BCUT2D eigenvalue weighted by atomic mass is 9.93. The number of hydrogen-bond acceptors (Lipinski definition) is 5. The van der Waals surface area contributed by atoms with E-state index in [4.69, 9.17) is 0 Å². The molecule has 1 N–H and O–H groups in total. The zero-order valence-corrected chi connectivity index (χ0v) is 16.7. The molecule has 1 aromatic carbocycles. The monoisotopic (exact) mass is 414 g/mol. The average molecular weight is 415 g/mol. The molecule has 138 valence electrons. The van der Waals surface area contributed by atoms with Crippen LogP contribution in [0.5, 0.6) is 0 Å². The molecule has 0 saturated heterocycles. The highest BCUT2D eigenvalue weighted by Gasteiger charge is 2.21. The number of rotatable bonds is 4. The van der Waals surface area contributed by atoms with Crippen LogP contribution in [0.15, 0.2) is 39.2 Å². The number of aromatic nitrogens is 1. The lowest BCUT2D eigenvalue weighted by Gasteiger charge is -2.14. The van der Waals surface area contributed by atoms with Crippen LogP contribution in [0.3, 0.4) is 0 Å². The first kappa shape index (κ1) is 18.9. The third-order valence-corrected chi connectivity index (χ3v) is 7.24. The fourth-order valence-electron chi connectivity index (χ4n) is 2.09. The van der Waals surface area contributed by atoms with Crippen LogP contribution in [0.4, 0.5) is 14.5 Å². The first-order valence-electron chi connectivity index (χ1n) is 7.59. The van der Waals surface area contributed by atoms with Gasteiger partial charge < -0.3 is 0 Å². The molecule has 0 bridgehead atoms. The van der Waals surface area contributed by atoms with Crippen molar-refractivity contribution in [1.82, 2.24) is 4.98 Å². The summed E-state index contributed by atoms with van der Waals surface area (Å²) in [5.74, 6) is -2.15. The Bertz CT molecular complexity index is 1050. The molecule has 0 saturated carbocycles. The van der Waals surface area contributed by atoms with Crippen molar-refractivity contribution >= 4 is 38.4 Å². The molecule has 0 fully saturated rings. The Hall–Kier alpha value is -1.84. The largest absolute Gasteiger partial charge is 0.279 e. The molecule has 0 atom stereocenters. The van der Waals surface area contributed by atoms with E-state index in [0.29, 0.717) is 5.56 Å². The van der Waals surface area contributed by atoms with E-state index in [1.807, 2.05) is 5.38 Å². The van der Waals surface area contributed by atoms with E-state index < -0.39 is 21.7 Å². The van der Waals surface area contributed by atoms with Crippen LogP contribution in [0.25, 0.3) is 10.6 Å². The summed E-state index contributed by atoms with van der Waals surface area (Å²) in [6.45, 7) is 6.17. The molecular formula is C17H16F2N2O2S3. The summed E-state index contributed by atoms with van der Waals surface area (Å²) in [6.07, 6.45) is 0. The molecule has 0 radical (unpaired) electrons. The third kappa shape index (κ3) is 3.94. The maximum absolute atomic E-state index is 13.3. The Balaban J connectivity index is 1.86. The molecule has 0 aliphatic carbocycles. The molecule has 0 amide bonds. The lowest BCUT2D eigenvalue weighted by Crippen LogP contribution is -2.11. The number of thiazole rings is 1. The molecular weight excluding hydrogens is 398 g/mol. The molecule has 2 aromatic heterocycles. The van der Waals surface area contributed by atoms with Gasteiger partial charge in [0.2, 0.25) is 0 Å². The number of nitrogens with zero attached hydrogens (tertiary/aromatic N) is 1. The maximum atomic E-state index is 13.3. The summed E-state index contributed by atoms with van der Waals surface area (Å²) in [5, 5.41) is 4.41. The molecule has 3 rings (SSSR count). The molecule has 0 spiro atoms. The Kier molecular flexibility index (Phi) is 4.89. The minimum Gasteiger partial charge on any atom is -0.279 e. The van der Waals surface area contributed by atoms with Gasteiger partial charge in [0, 0.05) is 27.8 Å². The topological polar surface area (TPSA) is 59.1 Å². The van der Waals surface area contributed by atoms with Crippen molar-refractivity contribution in [2.45, 2.75) is 30.4 Å². The van der Waals surface area contributed by atoms with Gasteiger partial charge in [-0.1, -0.05) is 20.8 Å². The standard InChI is InChI=1S/C17H16F2N2O2S3/c1-17(2,3)14-9-25-16(20-14)10-6-15(24-8-10)26(22,23)21-11-4-5-12(18)13(19)7-11/h4-9,21H,1-3H3. The highest BCUT2D eigenvalue weighted by molar-refractivity contribution is 7.94. The second kappa shape index (κ2) is 6.71. The molecule has 0 aliphatic rings. The van der Waals surface area contributed by atoms with E-state index in [9.17, 15) is 17.2 Å². The van der Waals surface area contributed by atoms with Gasteiger partial charge in [-0.05, 0) is 18.2 Å². The van der Waals surface area contributed by atoms with Gasteiger partial charge in [0.05, 0.1) is 11.4 Å². The van der Waals surface area contributed by atoms with E-state index in [0.717, 1.165) is 34.2 Å². The Morgan fingerprint density at radius 2 is 1.77 bits per heavy atom. The van der Waals surface area contributed by atoms with Crippen molar-refractivity contribution in [1.29, 1.82) is 0 Å². The van der Waals surface area contributed by atoms with E-state index in [2.05, 4.69) is 30.5 Å². The highest BCUT2D eigenvalue weighted by atomic mass is 32.2. The SMILES string of the molecule is CC(C)(C)c1csc(-c2csc(S(=O)(=O)Nc3ccc(F)c(F)c3)c2)n1. The number of halogens is 2. The molecule has 9 heteroatoms. The van der Waals surface area contributed by atoms with Gasteiger partial charge >= 0.3 is 0 Å². The van der Waals surface area contributed by atoms with Crippen LogP contribution >= 0.6 is 22.7 Å². The van der Waals surface area contributed by atoms with Gasteiger partial charge in [0.25, 0.3) is 10.0 Å². The van der Waals surface area contributed by atoms with Crippen LogP contribution in [-0.2, 0) is 15.4 Å². The Labute approximate surface area is 158 Å². The molecule has 2 heterocycles. The fourth-order valence-corrected chi connectivity index (χ4v) is 5.41. The maximum Gasteiger partial charge on any atom is 0.271 e. The van der Waals surface area contributed by atoms with E-state index in [1.54, 1.807) is 5.38 Å². The lowest BCUT2D eigenvalue weighted by molar-refractivity contribution is 0.509. The second-order valence-electron chi connectivity index (χ2n) is 6.68.